The molecule has 2 aromatic rings. The second-order valence-corrected chi connectivity index (χ2v) is 5.32. The molecule has 1 aliphatic rings. The molecule has 114 valence electrons. The van der Waals surface area contributed by atoms with E-state index >= 15 is 0 Å². The van der Waals surface area contributed by atoms with Crippen molar-refractivity contribution in [2.24, 2.45) is 0 Å². The number of carbonyl (C=O) groups is 1. The molecule has 1 atom stereocenters. The van der Waals surface area contributed by atoms with Gasteiger partial charge in [0.2, 0.25) is 5.91 Å². The maximum absolute atomic E-state index is 11.9. The summed E-state index contributed by atoms with van der Waals surface area (Å²) in [5.41, 5.74) is 1.69. The van der Waals surface area contributed by atoms with Crippen molar-refractivity contribution >= 4 is 17.7 Å². The van der Waals surface area contributed by atoms with Crippen molar-refractivity contribution in [1.82, 2.24) is 9.78 Å². The van der Waals surface area contributed by atoms with Gasteiger partial charge in [0.15, 0.2) is 0 Å². The lowest BCUT2D eigenvalue weighted by Crippen LogP contribution is -2.15. The second-order valence-electron chi connectivity index (χ2n) is 5.32. The molecule has 1 amide bonds. The number of anilines is 1. The van der Waals surface area contributed by atoms with Crippen LogP contribution in [0, 0.1) is 0 Å². The van der Waals surface area contributed by atoms with E-state index < -0.39 is 0 Å². The summed E-state index contributed by atoms with van der Waals surface area (Å²) in [5, 5.41) is 7.06. The quantitative estimate of drug-likeness (QED) is 0.863. The minimum absolute atomic E-state index is 0.166. The number of amides is 1. The number of hydrogen-bond donors (Lipinski definition) is 1. The number of nitrogens with zero attached hydrogens (tertiary/aromatic N) is 2. The van der Waals surface area contributed by atoms with Gasteiger partial charge in [-0.25, -0.2) is 0 Å². The van der Waals surface area contributed by atoms with Crippen LogP contribution in [0.1, 0.15) is 18.4 Å². The molecule has 1 aliphatic heterocycles. The van der Waals surface area contributed by atoms with E-state index in [1.54, 1.807) is 12.3 Å². The van der Waals surface area contributed by atoms with Crippen molar-refractivity contribution in [3.05, 3.63) is 54.4 Å². The molecule has 1 saturated heterocycles. The first-order valence-electron chi connectivity index (χ1n) is 7.48. The first-order valence-corrected chi connectivity index (χ1v) is 7.48. The molecule has 1 aromatic heterocycles. The lowest BCUT2D eigenvalue weighted by atomic mass is 10.2. The highest BCUT2D eigenvalue weighted by molar-refractivity contribution is 6.01. The molecule has 2 heterocycles. The number of ether oxygens (including phenoxy) is 1. The summed E-state index contributed by atoms with van der Waals surface area (Å²) in [6.07, 6.45) is 9.21. The number of carbonyl (C=O) groups excluding carboxylic acids is 1. The predicted molar refractivity (Wildman–Crippen MR) is 85.3 cm³/mol. The average molecular weight is 297 g/mol. The van der Waals surface area contributed by atoms with Crippen molar-refractivity contribution in [1.29, 1.82) is 0 Å². The monoisotopic (exact) mass is 297 g/mol. The van der Waals surface area contributed by atoms with E-state index in [1.807, 2.05) is 41.2 Å². The lowest BCUT2D eigenvalue weighted by Gasteiger charge is -2.08. The summed E-state index contributed by atoms with van der Waals surface area (Å²) in [6.45, 7) is 1.57. The van der Waals surface area contributed by atoms with Crippen LogP contribution in [0.5, 0.6) is 0 Å². The SMILES string of the molecule is O=C(/C=C/c1ccccc1)Nc1cnn(C[C@H]2CCCO2)c1. The Balaban J connectivity index is 1.53. The molecule has 0 unspecified atom stereocenters. The fraction of sp³-hybridized carbons (Fsp3) is 0.294. The van der Waals surface area contributed by atoms with E-state index in [2.05, 4.69) is 10.4 Å². The summed E-state index contributed by atoms with van der Waals surface area (Å²) in [6, 6.07) is 9.71. The van der Waals surface area contributed by atoms with Crippen molar-refractivity contribution in [2.75, 3.05) is 11.9 Å². The number of benzene rings is 1. The van der Waals surface area contributed by atoms with Gasteiger partial charge in [0, 0.05) is 18.9 Å². The van der Waals surface area contributed by atoms with Gasteiger partial charge in [-0.2, -0.15) is 5.10 Å². The van der Waals surface area contributed by atoms with Crippen LogP contribution in [0.4, 0.5) is 5.69 Å². The van der Waals surface area contributed by atoms with Gasteiger partial charge < -0.3 is 10.1 Å². The minimum atomic E-state index is -0.166. The van der Waals surface area contributed by atoms with Crippen molar-refractivity contribution < 1.29 is 9.53 Å². The molecule has 1 fully saturated rings. The second kappa shape index (κ2) is 7.04. The van der Waals surface area contributed by atoms with E-state index in [0.29, 0.717) is 5.69 Å². The first-order chi connectivity index (χ1) is 10.8. The van der Waals surface area contributed by atoms with Crippen molar-refractivity contribution in [3.8, 4) is 0 Å². The number of nitrogens with one attached hydrogen (secondary N) is 1. The van der Waals surface area contributed by atoms with Crippen LogP contribution in [-0.4, -0.2) is 28.4 Å². The van der Waals surface area contributed by atoms with Crippen LogP contribution in [0.25, 0.3) is 6.08 Å². The molecule has 1 aromatic carbocycles. The Bertz CT molecular complexity index is 643. The fourth-order valence-electron chi connectivity index (χ4n) is 2.44. The van der Waals surface area contributed by atoms with E-state index in [4.69, 9.17) is 4.74 Å². The highest BCUT2D eigenvalue weighted by atomic mass is 16.5. The van der Waals surface area contributed by atoms with Crippen LogP contribution in [-0.2, 0) is 16.1 Å². The van der Waals surface area contributed by atoms with E-state index in [-0.39, 0.29) is 12.0 Å². The van der Waals surface area contributed by atoms with Crippen LogP contribution in [0.3, 0.4) is 0 Å². The van der Waals surface area contributed by atoms with Crippen molar-refractivity contribution in [2.45, 2.75) is 25.5 Å². The molecular formula is C17H19N3O2. The smallest absolute Gasteiger partial charge is 0.248 e. The summed E-state index contributed by atoms with van der Waals surface area (Å²) >= 11 is 0. The number of aromatic nitrogens is 2. The standard InChI is InChI=1S/C17H19N3O2/c21-17(9-8-14-5-2-1-3-6-14)19-15-11-18-20(12-15)13-16-7-4-10-22-16/h1-3,5-6,8-9,11-12,16H,4,7,10,13H2,(H,19,21)/b9-8+/t16-/m1/s1. The van der Waals surface area contributed by atoms with Gasteiger partial charge in [0.25, 0.3) is 0 Å². The molecule has 0 spiro atoms. The minimum Gasteiger partial charge on any atom is -0.376 e. The first kappa shape index (κ1) is 14.5. The number of hydrogen-bond acceptors (Lipinski definition) is 3. The zero-order chi connectivity index (χ0) is 15.2. The Morgan fingerprint density at radius 3 is 3.05 bits per heavy atom. The van der Waals surface area contributed by atoms with Gasteiger partial charge in [-0.1, -0.05) is 30.3 Å². The van der Waals surface area contributed by atoms with Gasteiger partial charge in [-0.05, 0) is 24.5 Å². The van der Waals surface area contributed by atoms with Gasteiger partial charge in [0.05, 0.1) is 24.5 Å². The topological polar surface area (TPSA) is 56.2 Å². The highest BCUT2D eigenvalue weighted by Crippen LogP contribution is 2.15. The maximum atomic E-state index is 11.9. The lowest BCUT2D eigenvalue weighted by molar-refractivity contribution is -0.111. The number of rotatable bonds is 5. The van der Waals surface area contributed by atoms with E-state index in [1.165, 1.54) is 6.08 Å². The predicted octanol–water partition coefficient (Wildman–Crippen LogP) is 2.71. The Kier molecular flexibility index (Phi) is 4.65. The van der Waals surface area contributed by atoms with Gasteiger partial charge in [0.1, 0.15) is 0 Å². The highest BCUT2D eigenvalue weighted by Gasteiger charge is 2.16. The van der Waals surface area contributed by atoms with Gasteiger partial charge >= 0.3 is 0 Å². The fourth-order valence-corrected chi connectivity index (χ4v) is 2.44. The third-order valence-corrected chi connectivity index (χ3v) is 3.54. The molecule has 1 N–H and O–H groups in total. The Labute approximate surface area is 129 Å². The molecule has 5 nitrogen and oxygen atoms in total. The van der Waals surface area contributed by atoms with Gasteiger partial charge in [-0.15, -0.1) is 0 Å². The van der Waals surface area contributed by atoms with Crippen LogP contribution in [0.15, 0.2) is 48.8 Å². The largest absolute Gasteiger partial charge is 0.376 e. The third-order valence-electron chi connectivity index (χ3n) is 3.54. The zero-order valence-corrected chi connectivity index (χ0v) is 12.3. The molecule has 0 bridgehead atoms. The molecule has 0 aliphatic carbocycles. The van der Waals surface area contributed by atoms with Gasteiger partial charge in [-0.3, -0.25) is 9.48 Å². The van der Waals surface area contributed by atoms with Crippen LogP contribution in [0.2, 0.25) is 0 Å². The molecular weight excluding hydrogens is 278 g/mol. The van der Waals surface area contributed by atoms with E-state index in [0.717, 1.165) is 31.6 Å². The third kappa shape index (κ3) is 4.05. The van der Waals surface area contributed by atoms with Crippen LogP contribution >= 0.6 is 0 Å². The summed E-state index contributed by atoms with van der Waals surface area (Å²) in [5.74, 6) is -0.166. The average Bonchev–Trinajstić information content (AvgIpc) is 3.19. The molecule has 5 heteroatoms. The Hall–Kier alpha value is -2.40. The van der Waals surface area contributed by atoms with Crippen molar-refractivity contribution in [3.63, 3.8) is 0 Å². The zero-order valence-electron chi connectivity index (χ0n) is 12.3. The molecule has 0 saturated carbocycles. The summed E-state index contributed by atoms with van der Waals surface area (Å²) in [4.78, 5) is 11.9. The molecule has 3 rings (SSSR count). The molecule has 0 radical (unpaired) electrons. The summed E-state index contributed by atoms with van der Waals surface area (Å²) in [7, 11) is 0. The Morgan fingerprint density at radius 1 is 1.41 bits per heavy atom. The van der Waals surface area contributed by atoms with E-state index in [9.17, 15) is 4.79 Å². The van der Waals surface area contributed by atoms with Crippen LogP contribution < -0.4 is 5.32 Å². The normalized spacial score (nSPS) is 17.9. The maximum Gasteiger partial charge on any atom is 0.248 e. The summed E-state index contributed by atoms with van der Waals surface area (Å²) < 4.78 is 7.39. The molecule has 22 heavy (non-hydrogen) atoms. The Morgan fingerprint density at radius 2 is 2.27 bits per heavy atom.